The Kier molecular flexibility index (Phi) is 5.47. The average Bonchev–Trinajstić information content (AvgIpc) is 2.34. The van der Waals surface area contributed by atoms with E-state index in [1.165, 1.54) is 6.20 Å². The number of nitrogens with one attached hydrogen (secondary N) is 1. The second-order valence-corrected chi connectivity index (χ2v) is 3.81. The molecule has 0 aliphatic carbocycles. The zero-order chi connectivity index (χ0) is 13.5. The number of hydrogen-bond donors (Lipinski definition) is 1. The van der Waals surface area contributed by atoms with E-state index in [2.05, 4.69) is 10.3 Å². The fraction of sp³-hybridized carbons (Fsp3) is 0.545. The number of anilines is 1. The molecule has 0 spiro atoms. The van der Waals surface area contributed by atoms with Crippen molar-refractivity contribution < 1.29 is 14.4 Å². The highest BCUT2D eigenvalue weighted by molar-refractivity contribution is 5.46. The van der Waals surface area contributed by atoms with Crippen LogP contribution in [0.3, 0.4) is 0 Å². The molecule has 1 aromatic heterocycles. The number of aromatic nitrogens is 1. The first kappa shape index (κ1) is 14.3. The number of hydrogen-bond acceptors (Lipinski definition) is 6. The fourth-order valence-electron chi connectivity index (χ4n) is 1.45. The van der Waals surface area contributed by atoms with Gasteiger partial charge >= 0.3 is 0 Å². The van der Waals surface area contributed by atoms with Gasteiger partial charge in [0.25, 0.3) is 5.69 Å². The molecule has 1 rings (SSSR count). The van der Waals surface area contributed by atoms with E-state index < -0.39 is 4.92 Å². The quantitative estimate of drug-likeness (QED) is 0.585. The number of rotatable bonds is 7. The van der Waals surface area contributed by atoms with Crippen molar-refractivity contribution in [3.05, 3.63) is 27.9 Å². The lowest BCUT2D eigenvalue weighted by molar-refractivity contribution is -0.385. The molecule has 1 unspecified atom stereocenters. The predicted octanol–water partition coefficient (Wildman–Crippen LogP) is 1.37. The molecular weight excluding hydrogens is 238 g/mol. The van der Waals surface area contributed by atoms with Crippen LogP contribution in [-0.2, 0) is 9.47 Å². The number of aryl methyl sites for hydroxylation is 1. The first-order chi connectivity index (χ1) is 8.58. The Morgan fingerprint density at radius 1 is 1.56 bits per heavy atom. The fourth-order valence-corrected chi connectivity index (χ4v) is 1.45. The summed E-state index contributed by atoms with van der Waals surface area (Å²) in [6, 6.07) is 1.64. The van der Waals surface area contributed by atoms with Crippen LogP contribution in [0.25, 0.3) is 0 Å². The molecule has 1 atom stereocenters. The smallest absolute Gasteiger partial charge is 0.290 e. The molecule has 0 amide bonds. The van der Waals surface area contributed by atoms with Gasteiger partial charge in [0.1, 0.15) is 12.0 Å². The van der Waals surface area contributed by atoms with Gasteiger partial charge in [0.2, 0.25) is 0 Å². The molecule has 0 fully saturated rings. The first-order valence-electron chi connectivity index (χ1n) is 5.45. The molecule has 1 aromatic rings. The second kappa shape index (κ2) is 6.87. The Morgan fingerprint density at radius 2 is 2.28 bits per heavy atom. The summed E-state index contributed by atoms with van der Waals surface area (Å²) in [7, 11) is 3.19. The number of nitro groups is 1. The molecular formula is C11H17N3O4. The third kappa shape index (κ3) is 3.94. The molecule has 0 saturated heterocycles. The maximum atomic E-state index is 10.6. The second-order valence-electron chi connectivity index (χ2n) is 3.81. The number of ether oxygens (including phenoxy) is 2. The monoisotopic (exact) mass is 255 g/mol. The third-order valence-electron chi connectivity index (χ3n) is 2.48. The normalized spacial score (nSPS) is 12.2. The number of nitrogens with zero attached hydrogens (tertiary/aromatic N) is 2. The van der Waals surface area contributed by atoms with Gasteiger partial charge in [-0.3, -0.25) is 10.1 Å². The van der Waals surface area contributed by atoms with E-state index in [1.807, 2.05) is 0 Å². The van der Waals surface area contributed by atoms with Crippen molar-refractivity contribution >= 4 is 11.5 Å². The Labute approximate surface area is 105 Å². The average molecular weight is 255 g/mol. The van der Waals surface area contributed by atoms with Crippen LogP contribution in [-0.4, -0.2) is 43.4 Å². The summed E-state index contributed by atoms with van der Waals surface area (Å²) in [6.45, 7) is 2.66. The van der Waals surface area contributed by atoms with E-state index in [9.17, 15) is 10.1 Å². The minimum absolute atomic E-state index is 0.0146. The standard InChI is InChI=1S/C11H17N3O4/c1-8-4-11(13-6-10(8)14(15)16)12-5-9(18-3)7-17-2/h4,6,9H,5,7H2,1-3H3,(H,12,13). The van der Waals surface area contributed by atoms with E-state index in [1.54, 1.807) is 27.2 Å². The summed E-state index contributed by atoms with van der Waals surface area (Å²) in [6.07, 6.45) is 1.16. The van der Waals surface area contributed by atoms with Crippen molar-refractivity contribution in [2.24, 2.45) is 0 Å². The van der Waals surface area contributed by atoms with E-state index >= 15 is 0 Å². The summed E-state index contributed by atoms with van der Waals surface area (Å²) in [5, 5.41) is 13.7. The molecule has 0 bridgehead atoms. The zero-order valence-electron chi connectivity index (χ0n) is 10.7. The van der Waals surface area contributed by atoms with Crippen molar-refractivity contribution in [1.82, 2.24) is 4.98 Å². The lowest BCUT2D eigenvalue weighted by Gasteiger charge is -2.15. The molecule has 0 aliphatic rings. The van der Waals surface area contributed by atoms with Crippen LogP contribution >= 0.6 is 0 Å². The third-order valence-corrected chi connectivity index (χ3v) is 2.48. The van der Waals surface area contributed by atoms with E-state index in [0.29, 0.717) is 24.5 Å². The van der Waals surface area contributed by atoms with Crippen LogP contribution < -0.4 is 5.32 Å². The number of pyridine rings is 1. The highest BCUT2D eigenvalue weighted by atomic mass is 16.6. The van der Waals surface area contributed by atoms with Crippen LogP contribution in [0.5, 0.6) is 0 Å². The van der Waals surface area contributed by atoms with Crippen molar-refractivity contribution in [2.75, 3.05) is 32.7 Å². The minimum Gasteiger partial charge on any atom is -0.382 e. The van der Waals surface area contributed by atoms with E-state index in [4.69, 9.17) is 9.47 Å². The molecule has 7 heteroatoms. The van der Waals surface area contributed by atoms with Gasteiger partial charge in [-0.25, -0.2) is 4.98 Å². The van der Waals surface area contributed by atoms with Gasteiger partial charge in [-0.1, -0.05) is 0 Å². The Hall–Kier alpha value is -1.73. The largest absolute Gasteiger partial charge is 0.382 e. The lowest BCUT2D eigenvalue weighted by atomic mass is 10.2. The Bertz CT molecular complexity index is 411. The Balaban J connectivity index is 2.63. The van der Waals surface area contributed by atoms with Crippen molar-refractivity contribution in [3.63, 3.8) is 0 Å². The van der Waals surface area contributed by atoms with Gasteiger partial charge in [0, 0.05) is 26.3 Å². The van der Waals surface area contributed by atoms with Crippen LogP contribution in [0.4, 0.5) is 11.5 Å². The molecule has 7 nitrogen and oxygen atoms in total. The SMILES string of the molecule is COCC(CNc1cc(C)c([N+](=O)[O-])cn1)OC. The van der Waals surface area contributed by atoms with Gasteiger partial charge in [-0.05, 0) is 13.0 Å². The lowest BCUT2D eigenvalue weighted by Crippen LogP contribution is -2.26. The summed E-state index contributed by atoms with van der Waals surface area (Å²) in [5.74, 6) is 0.580. The maximum Gasteiger partial charge on any atom is 0.290 e. The highest BCUT2D eigenvalue weighted by Crippen LogP contribution is 2.18. The predicted molar refractivity (Wildman–Crippen MR) is 66.8 cm³/mol. The van der Waals surface area contributed by atoms with Gasteiger partial charge < -0.3 is 14.8 Å². The van der Waals surface area contributed by atoms with Crippen LogP contribution in [0.1, 0.15) is 5.56 Å². The molecule has 18 heavy (non-hydrogen) atoms. The van der Waals surface area contributed by atoms with Crippen molar-refractivity contribution in [3.8, 4) is 0 Å². The molecule has 1 heterocycles. The summed E-state index contributed by atoms with van der Waals surface area (Å²) >= 11 is 0. The topological polar surface area (TPSA) is 86.5 Å². The molecule has 0 aromatic carbocycles. The molecule has 100 valence electrons. The van der Waals surface area contributed by atoms with Crippen LogP contribution in [0, 0.1) is 17.0 Å². The van der Waals surface area contributed by atoms with Crippen molar-refractivity contribution in [2.45, 2.75) is 13.0 Å². The first-order valence-corrected chi connectivity index (χ1v) is 5.45. The molecule has 1 N–H and O–H groups in total. The molecule has 0 aliphatic heterocycles. The number of methoxy groups -OCH3 is 2. The van der Waals surface area contributed by atoms with E-state index in [0.717, 1.165) is 0 Å². The van der Waals surface area contributed by atoms with Crippen molar-refractivity contribution in [1.29, 1.82) is 0 Å². The molecule has 0 saturated carbocycles. The zero-order valence-corrected chi connectivity index (χ0v) is 10.7. The maximum absolute atomic E-state index is 10.6. The summed E-state index contributed by atoms with van der Waals surface area (Å²) in [4.78, 5) is 14.2. The van der Waals surface area contributed by atoms with Gasteiger partial charge in [0.15, 0.2) is 0 Å². The summed E-state index contributed by atoms with van der Waals surface area (Å²) in [5.41, 5.74) is 0.582. The minimum atomic E-state index is -0.449. The Morgan fingerprint density at radius 3 is 2.78 bits per heavy atom. The van der Waals surface area contributed by atoms with Gasteiger partial charge in [0.05, 0.1) is 17.6 Å². The van der Waals surface area contributed by atoms with Gasteiger partial charge in [-0.2, -0.15) is 0 Å². The van der Waals surface area contributed by atoms with Gasteiger partial charge in [-0.15, -0.1) is 0 Å². The highest BCUT2D eigenvalue weighted by Gasteiger charge is 2.12. The van der Waals surface area contributed by atoms with Crippen LogP contribution in [0.15, 0.2) is 12.3 Å². The molecule has 0 radical (unpaired) electrons. The van der Waals surface area contributed by atoms with E-state index in [-0.39, 0.29) is 11.8 Å². The van der Waals surface area contributed by atoms with Crippen LogP contribution in [0.2, 0.25) is 0 Å². The summed E-state index contributed by atoms with van der Waals surface area (Å²) < 4.78 is 10.2.